The van der Waals surface area contributed by atoms with Crippen LogP contribution in [0.3, 0.4) is 0 Å². The molecule has 0 saturated heterocycles. The van der Waals surface area contributed by atoms with Gasteiger partial charge in [-0.2, -0.15) is 0 Å². The Bertz CT molecular complexity index is 928. The Balaban J connectivity index is 2.02. The van der Waals surface area contributed by atoms with Crippen molar-refractivity contribution in [3.8, 4) is 11.5 Å². The second kappa shape index (κ2) is 9.65. The molecule has 2 rings (SSSR count). The van der Waals surface area contributed by atoms with Crippen LogP contribution in [0.25, 0.3) is 0 Å². The zero-order valence-corrected chi connectivity index (χ0v) is 18.2. The monoisotopic (exact) mass is 420 g/mol. The Morgan fingerprint density at radius 3 is 2.28 bits per heavy atom. The van der Waals surface area contributed by atoms with Crippen molar-refractivity contribution in [1.82, 2.24) is 5.32 Å². The molecule has 2 atom stereocenters. The summed E-state index contributed by atoms with van der Waals surface area (Å²) in [6.07, 6.45) is 1.09. The quantitative estimate of drug-likeness (QED) is 0.674. The molecule has 8 heteroatoms. The van der Waals surface area contributed by atoms with Gasteiger partial charge in [0.05, 0.1) is 25.1 Å². The van der Waals surface area contributed by atoms with Gasteiger partial charge >= 0.3 is 0 Å². The summed E-state index contributed by atoms with van der Waals surface area (Å²) < 4.78 is 36.6. The molecule has 158 valence electrons. The minimum atomic E-state index is -3.65. The average molecular weight is 421 g/mol. The van der Waals surface area contributed by atoms with Crippen LogP contribution >= 0.6 is 0 Å². The van der Waals surface area contributed by atoms with Crippen LogP contribution in [0.4, 0.5) is 5.69 Å². The lowest BCUT2D eigenvalue weighted by molar-refractivity contribution is -0.122. The van der Waals surface area contributed by atoms with Crippen molar-refractivity contribution in [3.63, 3.8) is 0 Å². The number of carbonyl (C=O) groups excluding carboxylic acids is 1. The van der Waals surface area contributed by atoms with Crippen LogP contribution in [0.5, 0.6) is 11.5 Å². The van der Waals surface area contributed by atoms with Gasteiger partial charge in [0.1, 0.15) is 24.1 Å². The Labute approximate surface area is 172 Å². The molecule has 7 nitrogen and oxygen atoms in total. The van der Waals surface area contributed by atoms with Gasteiger partial charge in [0.15, 0.2) is 0 Å². The zero-order valence-electron chi connectivity index (χ0n) is 17.4. The molecule has 0 aromatic heterocycles. The predicted octanol–water partition coefficient (Wildman–Crippen LogP) is 2.74. The number of hydrogen-bond acceptors (Lipinski definition) is 5. The summed E-state index contributed by atoms with van der Waals surface area (Å²) in [6, 6.07) is 12.9. The molecule has 0 heterocycles. The van der Waals surface area contributed by atoms with Crippen molar-refractivity contribution in [2.45, 2.75) is 32.9 Å². The fraction of sp³-hybridized carbons (Fsp3) is 0.381. The third-order valence-electron chi connectivity index (χ3n) is 4.29. The number of methoxy groups -OCH3 is 1. The summed E-state index contributed by atoms with van der Waals surface area (Å²) in [5, 5.41) is 2.81. The number of amides is 1. The standard InChI is InChI=1S/C21H28N2O5S/c1-15-7-6-8-18(13-15)23(29(5,25)26)17(3)21(24)22-16(2)14-28-20-11-9-19(27-4)10-12-20/h6-13,16-17H,14H2,1-5H3,(H,22,24)/t16-,17-/m0/s1. The van der Waals surface area contributed by atoms with E-state index in [4.69, 9.17) is 9.47 Å². The fourth-order valence-corrected chi connectivity index (χ4v) is 4.04. The van der Waals surface area contributed by atoms with E-state index >= 15 is 0 Å². The van der Waals surface area contributed by atoms with Gasteiger partial charge in [-0.3, -0.25) is 9.10 Å². The first kappa shape index (κ1) is 22.5. The zero-order chi connectivity index (χ0) is 21.6. The van der Waals surface area contributed by atoms with Gasteiger partial charge in [-0.25, -0.2) is 8.42 Å². The van der Waals surface area contributed by atoms with E-state index in [9.17, 15) is 13.2 Å². The number of sulfonamides is 1. The van der Waals surface area contributed by atoms with Crippen LogP contribution in [-0.4, -0.2) is 46.4 Å². The van der Waals surface area contributed by atoms with Crippen molar-refractivity contribution < 1.29 is 22.7 Å². The molecule has 29 heavy (non-hydrogen) atoms. The van der Waals surface area contributed by atoms with E-state index in [1.165, 1.54) is 0 Å². The van der Waals surface area contributed by atoms with Crippen LogP contribution < -0.4 is 19.1 Å². The fourth-order valence-electron chi connectivity index (χ4n) is 2.87. The molecule has 1 N–H and O–H groups in total. The summed E-state index contributed by atoms with van der Waals surface area (Å²) >= 11 is 0. The number of anilines is 1. The number of ether oxygens (including phenoxy) is 2. The normalized spacial score (nSPS) is 13.3. The molecule has 0 fully saturated rings. The Morgan fingerprint density at radius 1 is 1.10 bits per heavy atom. The van der Waals surface area contributed by atoms with Gasteiger partial charge in [0.2, 0.25) is 15.9 Å². The highest BCUT2D eigenvalue weighted by Crippen LogP contribution is 2.22. The number of carbonyl (C=O) groups is 1. The van der Waals surface area contributed by atoms with Crippen LogP contribution in [0, 0.1) is 6.92 Å². The van der Waals surface area contributed by atoms with Gasteiger partial charge in [-0.05, 0) is 62.7 Å². The van der Waals surface area contributed by atoms with Crippen molar-refractivity contribution in [1.29, 1.82) is 0 Å². The first-order valence-electron chi connectivity index (χ1n) is 9.25. The van der Waals surface area contributed by atoms with Crippen LogP contribution in [0.1, 0.15) is 19.4 Å². The largest absolute Gasteiger partial charge is 0.497 e. The first-order valence-corrected chi connectivity index (χ1v) is 11.1. The highest BCUT2D eigenvalue weighted by Gasteiger charge is 2.29. The van der Waals surface area contributed by atoms with E-state index in [1.807, 2.05) is 13.0 Å². The third-order valence-corrected chi connectivity index (χ3v) is 5.53. The van der Waals surface area contributed by atoms with Crippen molar-refractivity contribution in [3.05, 3.63) is 54.1 Å². The van der Waals surface area contributed by atoms with Crippen molar-refractivity contribution >= 4 is 21.6 Å². The number of rotatable bonds is 9. The summed E-state index contributed by atoms with van der Waals surface area (Å²) in [4.78, 5) is 12.7. The summed E-state index contributed by atoms with van der Waals surface area (Å²) in [5.74, 6) is 0.977. The predicted molar refractivity (Wildman–Crippen MR) is 114 cm³/mol. The maximum Gasteiger partial charge on any atom is 0.243 e. The molecule has 0 saturated carbocycles. The summed E-state index contributed by atoms with van der Waals surface area (Å²) in [5.41, 5.74) is 1.36. The van der Waals surface area contributed by atoms with Gasteiger partial charge < -0.3 is 14.8 Å². The summed E-state index contributed by atoms with van der Waals surface area (Å²) in [6.45, 7) is 5.47. The third kappa shape index (κ3) is 6.39. The molecular weight excluding hydrogens is 392 g/mol. The van der Waals surface area contributed by atoms with Gasteiger partial charge in [0.25, 0.3) is 0 Å². The molecule has 2 aromatic rings. The topological polar surface area (TPSA) is 84.9 Å². The van der Waals surface area contributed by atoms with Crippen LogP contribution in [-0.2, 0) is 14.8 Å². The molecule has 0 radical (unpaired) electrons. The van der Waals surface area contributed by atoms with E-state index in [-0.39, 0.29) is 12.6 Å². The molecule has 0 aliphatic rings. The number of hydrogen-bond donors (Lipinski definition) is 1. The lowest BCUT2D eigenvalue weighted by Gasteiger charge is -2.29. The molecule has 0 aliphatic carbocycles. The smallest absolute Gasteiger partial charge is 0.243 e. The molecule has 0 unspecified atom stereocenters. The van der Waals surface area contributed by atoms with E-state index in [0.717, 1.165) is 21.9 Å². The Kier molecular flexibility index (Phi) is 7.50. The second-order valence-corrected chi connectivity index (χ2v) is 8.83. The molecule has 0 spiro atoms. The SMILES string of the molecule is COc1ccc(OC[C@H](C)NC(=O)[C@H](C)N(c2cccc(C)c2)S(C)(=O)=O)cc1. The molecule has 0 bridgehead atoms. The Morgan fingerprint density at radius 2 is 1.72 bits per heavy atom. The van der Waals surface area contributed by atoms with Crippen molar-refractivity contribution in [2.75, 3.05) is 24.3 Å². The van der Waals surface area contributed by atoms with E-state index in [2.05, 4.69) is 5.32 Å². The van der Waals surface area contributed by atoms with E-state index in [1.54, 1.807) is 63.4 Å². The van der Waals surface area contributed by atoms with Crippen molar-refractivity contribution in [2.24, 2.45) is 0 Å². The lowest BCUT2D eigenvalue weighted by atomic mass is 10.2. The lowest BCUT2D eigenvalue weighted by Crippen LogP contribution is -2.50. The molecule has 1 amide bonds. The highest BCUT2D eigenvalue weighted by molar-refractivity contribution is 7.92. The number of nitrogens with one attached hydrogen (secondary N) is 1. The minimum Gasteiger partial charge on any atom is -0.497 e. The number of benzene rings is 2. The average Bonchev–Trinajstić information content (AvgIpc) is 2.65. The second-order valence-electron chi connectivity index (χ2n) is 6.97. The first-order chi connectivity index (χ1) is 13.6. The van der Waals surface area contributed by atoms with Crippen LogP contribution in [0.2, 0.25) is 0 Å². The number of aryl methyl sites for hydroxylation is 1. The Hall–Kier alpha value is -2.74. The van der Waals surface area contributed by atoms with E-state index < -0.39 is 22.0 Å². The number of nitrogens with zero attached hydrogens (tertiary/aromatic N) is 1. The minimum absolute atomic E-state index is 0.244. The van der Waals surface area contributed by atoms with Gasteiger partial charge in [0, 0.05) is 0 Å². The molecule has 0 aliphatic heterocycles. The summed E-state index contributed by atoms with van der Waals surface area (Å²) in [7, 11) is -2.06. The maximum atomic E-state index is 12.7. The highest BCUT2D eigenvalue weighted by atomic mass is 32.2. The van der Waals surface area contributed by atoms with Gasteiger partial charge in [-0.15, -0.1) is 0 Å². The van der Waals surface area contributed by atoms with Gasteiger partial charge in [-0.1, -0.05) is 12.1 Å². The van der Waals surface area contributed by atoms with E-state index in [0.29, 0.717) is 11.4 Å². The van der Waals surface area contributed by atoms with Crippen LogP contribution in [0.15, 0.2) is 48.5 Å². The molecular formula is C21H28N2O5S. The molecule has 2 aromatic carbocycles. The maximum absolute atomic E-state index is 12.7.